The van der Waals surface area contributed by atoms with Gasteiger partial charge in [0.15, 0.2) is 11.5 Å². The molecule has 1 aromatic carbocycles. The van der Waals surface area contributed by atoms with Crippen molar-refractivity contribution in [1.82, 2.24) is 25.1 Å². The van der Waals surface area contributed by atoms with Gasteiger partial charge < -0.3 is 4.52 Å². The van der Waals surface area contributed by atoms with Crippen LogP contribution in [0.15, 0.2) is 35.0 Å². The number of alkyl halides is 3. The van der Waals surface area contributed by atoms with Crippen LogP contribution in [0.5, 0.6) is 0 Å². The highest BCUT2D eigenvalue weighted by atomic mass is 19.4. The van der Waals surface area contributed by atoms with Gasteiger partial charge in [0.05, 0.1) is 18.3 Å². The molecule has 6 nitrogen and oxygen atoms in total. The predicted octanol–water partition coefficient (Wildman–Crippen LogP) is 3.52. The summed E-state index contributed by atoms with van der Waals surface area (Å²) >= 11 is 0. The van der Waals surface area contributed by atoms with Gasteiger partial charge in [-0.1, -0.05) is 42.4 Å². The molecule has 3 rings (SSSR count). The zero-order valence-corrected chi connectivity index (χ0v) is 12.9. The standard InChI is InChI=1S/C15H14F3N5O/c1-9(2)13-19-14(24-21-13)12-8-23(22-20-12)7-10-5-3-4-6-11(10)15(16,17)18/h3-6,8-9H,7H2,1-2H3. The van der Waals surface area contributed by atoms with E-state index in [-0.39, 0.29) is 23.9 Å². The van der Waals surface area contributed by atoms with Crippen LogP contribution in [-0.2, 0) is 12.7 Å². The van der Waals surface area contributed by atoms with E-state index in [1.54, 1.807) is 6.07 Å². The normalized spacial score (nSPS) is 12.1. The maximum Gasteiger partial charge on any atom is 0.416 e. The molecule has 0 amide bonds. The summed E-state index contributed by atoms with van der Waals surface area (Å²) in [6.07, 6.45) is -2.94. The summed E-state index contributed by atoms with van der Waals surface area (Å²) in [6, 6.07) is 5.36. The van der Waals surface area contributed by atoms with Crippen molar-refractivity contribution in [3.05, 3.63) is 47.4 Å². The van der Waals surface area contributed by atoms with E-state index in [9.17, 15) is 13.2 Å². The number of hydrogen-bond acceptors (Lipinski definition) is 5. The molecule has 3 aromatic rings. The van der Waals surface area contributed by atoms with Crippen LogP contribution in [0, 0.1) is 0 Å². The molecule has 0 spiro atoms. The van der Waals surface area contributed by atoms with Gasteiger partial charge in [0, 0.05) is 5.92 Å². The van der Waals surface area contributed by atoms with E-state index >= 15 is 0 Å². The van der Waals surface area contributed by atoms with Crippen LogP contribution in [0.25, 0.3) is 11.6 Å². The molecule has 0 aliphatic carbocycles. The second-order valence-corrected chi connectivity index (χ2v) is 5.57. The molecule has 0 aliphatic heterocycles. The second-order valence-electron chi connectivity index (χ2n) is 5.57. The van der Waals surface area contributed by atoms with Crippen molar-refractivity contribution in [3.63, 3.8) is 0 Å². The summed E-state index contributed by atoms with van der Waals surface area (Å²) < 4.78 is 45.5. The number of hydrogen-bond donors (Lipinski definition) is 0. The Balaban J connectivity index is 1.84. The molecule has 9 heteroatoms. The molecule has 2 heterocycles. The van der Waals surface area contributed by atoms with Crippen LogP contribution >= 0.6 is 0 Å². The topological polar surface area (TPSA) is 69.6 Å². The first kappa shape index (κ1) is 16.2. The molecule has 0 atom stereocenters. The van der Waals surface area contributed by atoms with Crippen molar-refractivity contribution in [2.45, 2.75) is 32.5 Å². The third-order valence-corrected chi connectivity index (χ3v) is 3.37. The fourth-order valence-electron chi connectivity index (χ4n) is 2.16. The average Bonchev–Trinajstić information content (AvgIpc) is 3.15. The number of rotatable bonds is 4. The first-order chi connectivity index (χ1) is 11.3. The Labute approximate surface area is 135 Å². The Kier molecular flexibility index (Phi) is 4.08. The molecule has 0 radical (unpaired) electrons. The molecule has 0 bridgehead atoms. The highest BCUT2D eigenvalue weighted by Gasteiger charge is 2.33. The van der Waals surface area contributed by atoms with Crippen molar-refractivity contribution in [2.75, 3.05) is 0 Å². The van der Waals surface area contributed by atoms with Gasteiger partial charge in [-0.2, -0.15) is 18.2 Å². The number of halogens is 3. The van der Waals surface area contributed by atoms with E-state index in [0.29, 0.717) is 11.5 Å². The Hall–Kier alpha value is -2.71. The molecule has 24 heavy (non-hydrogen) atoms. The van der Waals surface area contributed by atoms with Crippen LogP contribution < -0.4 is 0 Å². The van der Waals surface area contributed by atoms with E-state index in [2.05, 4.69) is 20.5 Å². The molecule has 0 saturated carbocycles. The molecule has 0 aliphatic rings. The Morgan fingerprint density at radius 1 is 1.21 bits per heavy atom. The highest BCUT2D eigenvalue weighted by Crippen LogP contribution is 2.32. The second kappa shape index (κ2) is 6.06. The summed E-state index contributed by atoms with van der Waals surface area (Å²) in [7, 11) is 0. The highest BCUT2D eigenvalue weighted by molar-refractivity contribution is 5.43. The predicted molar refractivity (Wildman–Crippen MR) is 77.9 cm³/mol. The van der Waals surface area contributed by atoms with Gasteiger partial charge in [-0.3, -0.25) is 0 Å². The van der Waals surface area contributed by atoms with Crippen LogP contribution in [0.3, 0.4) is 0 Å². The average molecular weight is 337 g/mol. The molecule has 2 aromatic heterocycles. The van der Waals surface area contributed by atoms with Crippen LogP contribution in [-0.4, -0.2) is 25.1 Å². The third-order valence-electron chi connectivity index (χ3n) is 3.37. The van der Waals surface area contributed by atoms with E-state index in [1.165, 1.54) is 23.0 Å². The van der Waals surface area contributed by atoms with Crippen molar-refractivity contribution in [1.29, 1.82) is 0 Å². The minimum absolute atomic E-state index is 0.0616. The SMILES string of the molecule is CC(C)c1noc(-c2cn(Cc3ccccc3C(F)(F)F)nn2)n1. The minimum Gasteiger partial charge on any atom is -0.332 e. The number of aromatic nitrogens is 5. The summed E-state index contributed by atoms with van der Waals surface area (Å²) in [5.41, 5.74) is -0.268. The van der Waals surface area contributed by atoms with Gasteiger partial charge in [-0.15, -0.1) is 5.10 Å². The third kappa shape index (κ3) is 3.29. The van der Waals surface area contributed by atoms with Crippen molar-refractivity contribution >= 4 is 0 Å². The molecular weight excluding hydrogens is 323 g/mol. The van der Waals surface area contributed by atoms with Crippen LogP contribution in [0.4, 0.5) is 13.2 Å². The minimum atomic E-state index is -4.42. The monoisotopic (exact) mass is 337 g/mol. The van der Waals surface area contributed by atoms with Gasteiger partial charge in [0.2, 0.25) is 0 Å². The Morgan fingerprint density at radius 2 is 1.96 bits per heavy atom. The van der Waals surface area contributed by atoms with Crippen LogP contribution in [0.1, 0.15) is 36.7 Å². The molecule has 0 N–H and O–H groups in total. The smallest absolute Gasteiger partial charge is 0.332 e. The van der Waals surface area contributed by atoms with E-state index in [4.69, 9.17) is 4.52 Å². The van der Waals surface area contributed by atoms with Crippen molar-refractivity contribution in [3.8, 4) is 11.6 Å². The van der Waals surface area contributed by atoms with E-state index in [0.717, 1.165) is 6.07 Å². The lowest BCUT2D eigenvalue weighted by molar-refractivity contribution is -0.138. The fraction of sp³-hybridized carbons (Fsp3) is 0.333. The molecule has 0 saturated heterocycles. The first-order valence-corrected chi connectivity index (χ1v) is 7.24. The van der Waals surface area contributed by atoms with Crippen LogP contribution in [0.2, 0.25) is 0 Å². The number of benzene rings is 1. The quantitative estimate of drug-likeness (QED) is 0.728. The summed E-state index contributed by atoms with van der Waals surface area (Å²) in [4.78, 5) is 4.18. The van der Waals surface area contributed by atoms with E-state index < -0.39 is 11.7 Å². The molecule has 0 fully saturated rings. The number of nitrogens with zero attached hydrogens (tertiary/aromatic N) is 5. The zero-order valence-electron chi connectivity index (χ0n) is 12.9. The maximum atomic E-state index is 13.0. The summed E-state index contributed by atoms with van der Waals surface area (Å²) in [5, 5.41) is 11.5. The largest absolute Gasteiger partial charge is 0.416 e. The Bertz CT molecular complexity index is 838. The lowest BCUT2D eigenvalue weighted by Crippen LogP contribution is -2.11. The van der Waals surface area contributed by atoms with Gasteiger partial charge in [0.1, 0.15) is 0 Å². The van der Waals surface area contributed by atoms with Crippen molar-refractivity contribution in [2.24, 2.45) is 0 Å². The molecule has 126 valence electrons. The zero-order chi connectivity index (χ0) is 17.3. The Morgan fingerprint density at radius 3 is 2.62 bits per heavy atom. The van der Waals surface area contributed by atoms with E-state index in [1.807, 2.05) is 13.8 Å². The first-order valence-electron chi connectivity index (χ1n) is 7.24. The maximum absolute atomic E-state index is 13.0. The van der Waals surface area contributed by atoms with Gasteiger partial charge >= 0.3 is 6.18 Å². The van der Waals surface area contributed by atoms with Gasteiger partial charge in [-0.05, 0) is 11.6 Å². The lowest BCUT2D eigenvalue weighted by atomic mass is 10.1. The molecular formula is C15H14F3N5O. The van der Waals surface area contributed by atoms with Gasteiger partial charge in [0.25, 0.3) is 5.89 Å². The summed E-state index contributed by atoms with van der Waals surface area (Å²) in [6.45, 7) is 3.77. The lowest BCUT2D eigenvalue weighted by Gasteiger charge is -2.12. The summed E-state index contributed by atoms with van der Waals surface area (Å²) in [5.74, 6) is 0.812. The van der Waals surface area contributed by atoms with Crippen molar-refractivity contribution < 1.29 is 17.7 Å². The molecule has 0 unspecified atom stereocenters. The van der Waals surface area contributed by atoms with Gasteiger partial charge in [-0.25, -0.2) is 4.68 Å². The fourth-order valence-corrected chi connectivity index (χ4v) is 2.16.